The van der Waals surface area contributed by atoms with Crippen molar-refractivity contribution in [1.82, 2.24) is 5.32 Å². The Kier molecular flexibility index (Phi) is 3.64. The van der Waals surface area contributed by atoms with E-state index in [-0.39, 0.29) is 0 Å². The van der Waals surface area contributed by atoms with Crippen molar-refractivity contribution in [3.8, 4) is 12.3 Å². The maximum Gasteiger partial charge on any atom is 0.0240 e. The summed E-state index contributed by atoms with van der Waals surface area (Å²) >= 11 is 0. The monoisotopic (exact) mass is 213 g/mol. The number of rotatable bonds is 5. The largest absolute Gasteiger partial charge is 0.312 e. The van der Waals surface area contributed by atoms with E-state index >= 15 is 0 Å². The Morgan fingerprint density at radius 2 is 2.31 bits per heavy atom. The number of fused-ring (bicyclic) bond motifs is 1. The summed E-state index contributed by atoms with van der Waals surface area (Å²) in [6.07, 6.45) is 8.51. The summed E-state index contributed by atoms with van der Waals surface area (Å²) < 4.78 is 0. The molecule has 1 heteroatoms. The quantitative estimate of drug-likeness (QED) is 0.742. The topological polar surface area (TPSA) is 12.0 Å². The number of nitrogens with one attached hydrogen (secondary N) is 1. The molecule has 0 fully saturated rings. The Balaban J connectivity index is 1.83. The average Bonchev–Trinajstić information content (AvgIpc) is 2.29. The maximum atomic E-state index is 5.34. The lowest BCUT2D eigenvalue weighted by Gasteiger charge is -2.31. The third kappa shape index (κ3) is 2.28. The van der Waals surface area contributed by atoms with Gasteiger partial charge in [-0.3, -0.25) is 0 Å². The summed E-state index contributed by atoms with van der Waals surface area (Å²) in [5.74, 6) is 3.43. The van der Waals surface area contributed by atoms with Crippen LogP contribution in [0.5, 0.6) is 0 Å². The van der Waals surface area contributed by atoms with E-state index in [1.54, 1.807) is 0 Å². The van der Waals surface area contributed by atoms with Crippen molar-refractivity contribution in [1.29, 1.82) is 0 Å². The summed E-state index contributed by atoms with van der Waals surface area (Å²) in [6, 6.07) is 9.20. The van der Waals surface area contributed by atoms with E-state index in [0.29, 0.717) is 12.0 Å². The van der Waals surface area contributed by atoms with Crippen molar-refractivity contribution < 1.29 is 0 Å². The van der Waals surface area contributed by atoms with Gasteiger partial charge in [-0.1, -0.05) is 31.2 Å². The first-order valence-corrected chi connectivity index (χ1v) is 6.09. The Hall–Kier alpha value is -1.26. The molecule has 0 amide bonds. The highest BCUT2D eigenvalue weighted by atomic mass is 14.9. The van der Waals surface area contributed by atoms with Gasteiger partial charge in [0.1, 0.15) is 0 Å². The second-order valence-electron chi connectivity index (χ2n) is 4.52. The van der Waals surface area contributed by atoms with Crippen molar-refractivity contribution in [2.75, 3.05) is 6.54 Å². The average molecular weight is 213 g/mol. The maximum absolute atomic E-state index is 5.34. The van der Waals surface area contributed by atoms with Crippen LogP contribution in [0.1, 0.15) is 36.8 Å². The predicted molar refractivity (Wildman–Crippen MR) is 68.4 cm³/mol. The van der Waals surface area contributed by atoms with Crippen LogP contribution in [0.25, 0.3) is 0 Å². The third-order valence-corrected chi connectivity index (χ3v) is 3.47. The first-order chi connectivity index (χ1) is 7.85. The molecule has 0 saturated heterocycles. The number of hydrogen-bond donors (Lipinski definition) is 1. The van der Waals surface area contributed by atoms with Gasteiger partial charge in [0, 0.05) is 24.9 Å². The smallest absolute Gasteiger partial charge is 0.0240 e. The van der Waals surface area contributed by atoms with Gasteiger partial charge in [-0.15, -0.1) is 12.3 Å². The summed E-state index contributed by atoms with van der Waals surface area (Å²) in [6.45, 7) is 3.25. The van der Waals surface area contributed by atoms with Crippen LogP contribution >= 0.6 is 0 Å². The van der Waals surface area contributed by atoms with Crippen molar-refractivity contribution in [3.63, 3.8) is 0 Å². The van der Waals surface area contributed by atoms with E-state index in [9.17, 15) is 0 Å². The Bertz CT molecular complexity index is 389. The lowest BCUT2D eigenvalue weighted by Crippen LogP contribution is -2.35. The third-order valence-electron chi connectivity index (χ3n) is 3.47. The molecular weight excluding hydrogens is 194 g/mol. The minimum absolute atomic E-state index is 0.484. The van der Waals surface area contributed by atoms with Gasteiger partial charge in [-0.2, -0.15) is 0 Å². The molecule has 1 N–H and O–H groups in total. The normalized spacial score (nSPS) is 19.4. The van der Waals surface area contributed by atoms with Gasteiger partial charge in [0.15, 0.2) is 0 Å². The fourth-order valence-corrected chi connectivity index (χ4v) is 2.36. The predicted octanol–water partition coefficient (Wildman–Crippen LogP) is 2.72. The minimum atomic E-state index is 0.484. The van der Waals surface area contributed by atoms with Crippen LogP contribution in [0.3, 0.4) is 0 Å². The molecule has 16 heavy (non-hydrogen) atoms. The van der Waals surface area contributed by atoms with Crippen molar-refractivity contribution in [2.45, 2.75) is 38.1 Å². The molecular formula is C15H19N. The Labute approximate surface area is 98.3 Å². The molecule has 0 aliphatic heterocycles. The molecule has 2 rings (SSSR count). The lowest BCUT2D eigenvalue weighted by atomic mass is 9.77. The highest BCUT2D eigenvalue weighted by Gasteiger charge is 2.25. The molecule has 1 aromatic rings. The first-order valence-electron chi connectivity index (χ1n) is 6.09. The molecule has 0 heterocycles. The molecule has 1 aromatic carbocycles. The van der Waals surface area contributed by atoms with Crippen LogP contribution in [-0.4, -0.2) is 12.6 Å². The van der Waals surface area contributed by atoms with E-state index in [4.69, 9.17) is 6.42 Å². The van der Waals surface area contributed by atoms with Crippen LogP contribution in [0.15, 0.2) is 24.3 Å². The number of terminal acetylenes is 1. The van der Waals surface area contributed by atoms with Gasteiger partial charge in [0.2, 0.25) is 0 Å². The van der Waals surface area contributed by atoms with Gasteiger partial charge in [-0.25, -0.2) is 0 Å². The summed E-state index contributed by atoms with van der Waals surface area (Å²) in [4.78, 5) is 0. The zero-order valence-electron chi connectivity index (χ0n) is 9.87. The van der Waals surface area contributed by atoms with Crippen LogP contribution < -0.4 is 5.32 Å². The van der Waals surface area contributed by atoms with Gasteiger partial charge in [0.25, 0.3) is 0 Å². The van der Waals surface area contributed by atoms with Gasteiger partial charge in [-0.05, 0) is 24.0 Å². The Morgan fingerprint density at radius 3 is 3.00 bits per heavy atom. The second kappa shape index (κ2) is 5.18. The summed E-state index contributed by atoms with van der Waals surface area (Å²) in [5, 5.41) is 3.57. The van der Waals surface area contributed by atoms with E-state index in [0.717, 1.165) is 19.4 Å². The van der Waals surface area contributed by atoms with Crippen LogP contribution in [0.4, 0.5) is 0 Å². The molecule has 0 saturated carbocycles. The number of benzene rings is 1. The zero-order chi connectivity index (χ0) is 11.4. The van der Waals surface area contributed by atoms with Crippen molar-refractivity contribution in [2.24, 2.45) is 0 Å². The van der Waals surface area contributed by atoms with Crippen molar-refractivity contribution in [3.05, 3.63) is 35.4 Å². The molecule has 0 aromatic heterocycles. The van der Waals surface area contributed by atoms with Crippen LogP contribution in [0.2, 0.25) is 0 Å². The summed E-state index contributed by atoms with van der Waals surface area (Å²) in [7, 11) is 0. The fraction of sp³-hybridized carbons (Fsp3) is 0.467. The molecule has 1 aliphatic rings. The summed E-state index contributed by atoms with van der Waals surface area (Å²) in [5.41, 5.74) is 3.03. The van der Waals surface area contributed by atoms with E-state index in [1.807, 2.05) is 0 Å². The van der Waals surface area contributed by atoms with Crippen LogP contribution in [-0.2, 0) is 6.42 Å². The highest BCUT2D eigenvalue weighted by Crippen LogP contribution is 2.34. The SMILES string of the molecule is C#CCC(CC)NCC1Cc2ccccc21. The second-order valence-corrected chi connectivity index (χ2v) is 4.52. The first kappa shape index (κ1) is 11.2. The Morgan fingerprint density at radius 1 is 1.50 bits per heavy atom. The van der Waals surface area contributed by atoms with E-state index in [2.05, 4.69) is 42.4 Å². The van der Waals surface area contributed by atoms with Crippen molar-refractivity contribution >= 4 is 0 Å². The standard InChI is InChI=1S/C15H19N/c1-3-7-14(4-2)16-11-13-10-12-8-5-6-9-15(12)13/h1,5-6,8-9,13-14,16H,4,7,10-11H2,2H3. The van der Waals surface area contributed by atoms with E-state index in [1.165, 1.54) is 17.5 Å². The molecule has 1 aliphatic carbocycles. The van der Waals surface area contributed by atoms with E-state index < -0.39 is 0 Å². The number of hydrogen-bond acceptors (Lipinski definition) is 1. The van der Waals surface area contributed by atoms with Gasteiger partial charge in [0.05, 0.1) is 0 Å². The highest BCUT2D eigenvalue weighted by molar-refractivity contribution is 5.40. The molecule has 84 valence electrons. The fourth-order valence-electron chi connectivity index (χ4n) is 2.36. The van der Waals surface area contributed by atoms with Gasteiger partial charge < -0.3 is 5.32 Å². The molecule has 2 atom stereocenters. The zero-order valence-corrected chi connectivity index (χ0v) is 9.87. The van der Waals surface area contributed by atoms with Crippen LogP contribution in [0, 0.1) is 12.3 Å². The molecule has 2 unspecified atom stereocenters. The lowest BCUT2D eigenvalue weighted by molar-refractivity contribution is 0.455. The molecule has 0 bridgehead atoms. The van der Waals surface area contributed by atoms with Gasteiger partial charge >= 0.3 is 0 Å². The molecule has 1 nitrogen and oxygen atoms in total. The molecule has 0 spiro atoms. The molecule has 0 radical (unpaired) electrons. The minimum Gasteiger partial charge on any atom is -0.312 e.